The highest BCUT2D eigenvalue weighted by Gasteiger charge is 2.17. The van der Waals surface area contributed by atoms with E-state index in [1.54, 1.807) is 12.1 Å². The van der Waals surface area contributed by atoms with E-state index in [4.69, 9.17) is 0 Å². The number of rotatable bonds is 3. The molecular formula is C14H14O2. The van der Waals surface area contributed by atoms with Crippen LogP contribution in [0.5, 0.6) is 0 Å². The van der Waals surface area contributed by atoms with Crippen molar-refractivity contribution in [2.45, 2.75) is 25.7 Å². The molecule has 16 heavy (non-hydrogen) atoms. The van der Waals surface area contributed by atoms with Crippen LogP contribution in [0.1, 0.15) is 36.0 Å². The zero-order valence-electron chi connectivity index (χ0n) is 9.11. The Morgan fingerprint density at radius 2 is 1.94 bits per heavy atom. The highest BCUT2D eigenvalue weighted by molar-refractivity contribution is 6.05. The van der Waals surface area contributed by atoms with Gasteiger partial charge in [-0.25, -0.2) is 0 Å². The molecule has 1 aliphatic carbocycles. The predicted molar refractivity (Wildman–Crippen MR) is 62.3 cm³/mol. The Balaban J connectivity index is 2.08. The van der Waals surface area contributed by atoms with E-state index in [1.807, 2.05) is 24.3 Å². The monoisotopic (exact) mass is 214 g/mol. The molecule has 0 aliphatic heterocycles. The van der Waals surface area contributed by atoms with Gasteiger partial charge in [0.05, 0.1) is 0 Å². The van der Waals surface area contributed by atoms with E-state index in [0.29, 0.717) is 17.6 Å². The van der Waals surface area contributed by atoms with Crippen molar-refractivity contribution in [1.29, 1.82) is 0 Å². The summed E-state index contributed by atoms with van der Waals surface area (Å²) in [6.45, 7) is 0. The topological polar surface area (TPSA) is 34.1 Å². The van der Waals surface area contributed by atoms with E-state index >= 15 is 0 Å². The maximum Gasteiger partial charge on any atom is 0.167 e. The van der Waals surface area contributed by atoms with Crippen LogP contribution in [0.25, 0.3) is 0 Å². The van der Waals surface area contributed by atoms with Crippen LogP contribution in [0.15, 0.2) is 42.0 Å². The van der Waals surface area contributed by atoms with Gasteiger partial charge in [-0.15, -0.1) is 0 Å². The standard InChI is InChI=1S/C14H14O2/c15-13-9-5-4-8-12(13)10-14(16)11-6-2-1-3-7-11/h1-3,6-8H,4-5,9-10H2. The summed E-state index contributed by atoms with van der Waals surface area (Å²) in [4.78, 5) is 23.4. The first-order valence-electron chi connectivity index (χ1n) is 5.58. The quantitative estimate of drug-likeness (QED) is 0.725. The van der Waals surface area contributed by atoms with Gasteiger partial charge in [-0.2, -0.15) is 0 Å². The molecule has 0 unspecified atom stereocenters. The molecule has 2 heteroatoms. The number of carbonyl (C=O) groups is 2. The summed E-state index contributed by atoms with van der Waals surface area (Å²) in [6, 6.07) is 9.13. The van der Waals surface area contributed by atoms with Gasteiger partial charge in [0.15, 0.2) is 11.6 Å². The van der Waals surface area contributed by atoms with Crippen molar-refractivity contribution in [3.63, 3.8) is 0 Å². The largest absolute Gasteiger partial charge is 0.295 e. The molecule has 1 aromatic rings. The van der Waals surface area contributed by atoms with E-state index < -0.39 is 0 Å². The molecule has 0 saturated carbocycles. The molecule has 0 bridgehead atoms. The summed E-state index contributed by atoms with van der Waals surface area (Å²) < 4.78 is 0. The number of ketones is 2. The molecule has 2 nitrogen and oxygen atoms in total. The Morgan fingerprint density at radius 3 is 2.62 bits per heavy atom. The summed E-state index contributed by atoms with van der Waals surface area (Å²) in [5, 5.41) is 0. The van der Waals surface area contributed by atoms with Gasteiger partial charge in [0.1, 0.15) is 0 Å². The zero-order chi connectivity index (χ0) is 11.4. The van der Waals surface area contributed by atoms with Gasteiger partial charge >= 0.3 is 0 Å². The number of allylic oxidation sites excluding steroid dienone is 2. The van der Waals surface area contributed by atoms with Crippen LogP contribution in [0, 0.1) is 0 Å². The molecule has 0 saturated heterocycles. The summed E-state index contributed by atoms with van der Waals surface area (Å²) in [5.74, 6) is 0.164. The highest BCUT2D eigenvalue weighted by Crippen LogP contribution is 2.18. The molecule has 2 rings (SSSR count). The molecule has 0 aromatic heterocycles. The van der Waals surface area contributed by atoms with Gasteiger partial charge in [0.2, 0.25) is 0 Å². The minimum atomic E-state index is 0.0297. The maximum absolute atomic E-state index is 11.9. The molecule has 0 heterocycles. The normalized spacial score (nSPS) is 15.8. The lowest BCUT2D eigenvalue weighted by Gasteiger charge is -2.10. The van der Waals surface area contributed by atoms with Gasteiger partial charge < -0.3 is 0 Å². The van der Waals surface area contributed by atoms with Crippen molar-refractivity contribution < 1.29 is 9.59 Å². The van der Waals surface area contributed by atoms with E-state index in [0.717, 1.165) is 12.8 Å². The minimum Gasteiger partial charge on any atom is -0.295 e. The summed E-state index contributed by atoms with van der Waals surface area (Å²) in [7, 11) is 0. The first-order chi connectivity index (χ1) is 7.77. The predicted octanol–water partition coefficient (Wildman–Crippen LogP) is 2.94. The zero-order valence-corrected chi connectivity index (χ0v) is 9.11. The van der Waals surface area contributed by atoms with Gasteiger partial charge in [-0.05, 0) is 18.4 Å². The molecule has 1 aromatic carbocycles. The fourth-order valence-corrected chi connectivity index (χ4v) is 1.88. The molecule has 0 atom stereocenters. The van der Waals surface area contributed by atoms with Crippen LogP contribution in [-0.4, -0.2) is 11.6 Å². The molecule has 1 aliphatic rings. The average molecular weight is 214 g/mol. The van der Waals surface area contributed by atoms with Crippen LogP contribution in [0.3, 0.4) is 0 Å². The van der Waals surface area contributed by atoms with Gasteiger partial charge in [0, 0.05) is 18.4 Å². The van der Waals surface area contributed by atoms with Crippen LogP contribution < -0.4 is 0 Å². The lowest BCUT2D eigenvalue weighted by Crippen LogP contribution is -2.11. The van der Waals surface area contributed by atoms with E-state index in [2.05, 4.69) is 0 Å². The third-order valence-corrected chi connectivity index (χ3v) is 2.80. The van der Waals surface area contributed by atoms with Crippen molar-refractivity contribution in [3.8, 4) is 0 Å². The lowest BCUT2D eigenvalue weighted by atomic mass is 9.93. The molecule has 0 radical (unpaired) electrons. The first kappa shape index (κ1) is 10.8. The third-order valence-electron chi connectivity index (χ3n) is 2.80. The summed E-state index contributed by atoms with van der Waals surface area (Å²) in [5.41, 5.74) is 1.38. The fourth-order valence-electron chi connectivity index (χ4n) is 1.88. The van der Waals surface area contributed by atoms with Gasteiger partial charge in [0.25, 0.3) is 0 Å². The Bertz CT molecular complexity index is 429. The molecule has 0 N–H and O–H groups in total. The van der Waals surface area contributed by atoms with Crippen molar-refractivity contribution in [1.82, 2.24) is 0 Å². The second-order valence-electron chi connectivity index (χ2n) is 4.01. The number of Topliss-reactive ketones (excluding diaryl/α,β-unsaturated/α-hetero) is 2. The van der Waals surface area contributed by atoms with E-state index in [1.165, 1.54) is 0 Å². The SMILES string of the molecule is O=C1CCCC=C1CC(=O)c1ccccc1. The van der Waals surface area contributed by atoms with Gasteiger partial charge in [-0.3, -0.25) is 9.59 Å². The number of benzene rings is 1. The number of hydrogen-bond acceptors (Lipinski definition) is 2. The van der Waals surface area contributed by atoms with Crippen molar-refractivity contribution in [2.24, 2.45) is 0 Å². The Kier molecular flexibility index (Phi) is 3.30. The second-order valence-corrected chi connectivity index (χ2v) is 4.01. The second kappa shape index (κ2) is 4.88. The lowest BCUT2D eigenvalue weighted by molar-refractivity contribution is -0.116. The number of hydrogen-bond donors (Lipinski definition) is 0. The van der Waals surface area contributed by atoms with Crippen molar-refractivity contribution in [2.75, 3.05) is 0 Å². The van der Waals surface area contributed by atoms with E-state index in [9.17, 15) is 9.59 Å². The Labute approximate surface area is 95.0 Å². The summed E-state index contributed by atoms with van der Waals surface area (Å²) >= 11 is 0. The average Bonchev–Trinajstić information content (AvgIpc) is 2.33. The smallest absolute Gasteiger partial charge is 0.167 e. The van der Waals surface area contributed by atoms with Crippen LogP contribution in [-0.2, 0) is 4.79 Å². The van der Waals surface area contributed by atoms with Crippen LogP contribution in [0.2, 0.25) is 0 Å². The Hall–Kier alpha value is -1.70. The maximum atomic E-state index is 11.9. The number of carbonyl (C=O) groups excluding carboxylic acids is 2. The third kappa shape index (κ3) is 2.45. The molecule has 0 amide bonds. The highest BCUT2D eigenvalue weighted by atomic mass is 16.1. The summed E-state index contributed by atoms with van der Waals surface area (Å²) in [6.07, 6.45) is 4.59. The van der Waals surface area contributed by atoms with Gasteiger partial charge in [-0.1, -0.05) is 36.4 Å². The Morgan fingerprint density at radius 1 is 1.19 bits per heavy atom. The molecule has 82 valence electrons. The molecule has 0 fully saturated rings. The molecule has 0 spiro atoms. The van der Waals surface area contributed by atoms with Crippen LogP contribution >= 0.6 is 0 Å². The minimum absolute atomic E-state index is 0.0297. The van der Waals surface area contributed by atoms with Crippen LogP contribution in [0.4, 0.5) is 0 Å². The van der Waals surface area contributed by atoms with E-state index in [-0.39, 0.29) is 18.0 Å². The van der Waals surface area contributed by atoms with Crippen molar-refractivity contribution >= 4 is 11.6 Å². The molecular weight excluding hydrogens is 200 g/mol. The van der Waals surface area contributed by atoms with Crippen molar-refractivity contribution in [3.05, 3.63) is 47.5 Å². The fraction of sp³-hybridized carbons (Fsp3) is 0.286. The first-order valence-corrected chi connectivity index (χ1v) is 5.58.